The number of carbonyl (C=O) groups excluding carboxylic acids is 2. The molecule has 29 heavy (non-hydrogen) atoms. The number of benzene rings is 2. The second-order valence-electron chi connectivity index (χ2n) is 7.23. The zero-order valence-corrected chi connectivity index (χ0v) is 17.2. The van der Waals surface area contributed by atoms with E-state index in [1.165, 1.54) is 5.56 Å². The van der Waals surface area contributed by atoms with E-state index in [0.717, 1.165) is 37.2 Å². The van der Waals surface area contributed by atoms with Crippen molar-refractivity contribution in [2.24, 2.45) is 0 Å². The van der Waals surface area contributed by atoms with Crippen molar-refractivity contribution in [2.45, 2.75) is 26.2 Å². The highest BCUT2D eigenvalue weighted by Gasteiger charge is 2.17. The third-order valence-electron chi connectivity index (χ3n) is 5.36. The maximum atomic E-state index is 12.5. The van der Waals surface area contributed by atoms with Crippen LogP contribution < -0.4 is 15.0 Å². The van der Waals surface area contributed by atoms with Crippen molar-refractivity contribution in [1.82, 2.24) is 4.90 Å². The molecule has 154 valence electrons. The molecule has 0 saturated carbocycles. The minimum Gasteiger partial charge on any atom is -0.495 e. The van der Waals surface area contributed by atoms with E-state index in [9.17, 15) is 9.59 Å². The number of ether oxygens (including phenoxy) is 1. The number of carbonyl (C=O) groups is 2. The molecule has 1 aliphatic rings. The molecular formula is C23H29N3O3. The van der Waals surface area contributed by atoms with Crippen LogP contribution in [0.15, 0.2) is 42.5 Å². The van der Waals surface area contributed by atoms with Gasteiger partial charge in [-0.1, -0.05) is 31.2 Å². The summed E-state index contributed by atoms with van der Waals surface area (Å²) in [5, 5.41) is 3.00. The van der Waals surface area contributed by atoms with Crippen molar-refractivity contribution in [3.05, 3.63) is 53.6 Å². The number of amides is 2. The lowest BCUT2D eigenvalue weighted by Gasteiger charge is -2.34. The van der Waals surface area contributed by atoms with Crippen molar-refractivity contribution in [3.63, 3.8) is 0 Å². The highest BCUT2D eigenvalue weighted by atomic mass is 16.5. The van der Waals surface area contributed by atoms with Gasteiger partial charge in [0, 0.05) is 38.3 Å². The zero-order valence-electron chi connectivity index (χ0n) is 17.2. The number of nitrogens with zero attached hydrogens (tertiary/aromatic N) is 2. The van der Waals surface area contributed by atoms with Crippen molar-refractivity contribution in [1.29, 1.82) is 0 Å². The topological polar surface area (TPSA) is 61.9 Å². The van der Waals surface area contributed by atoms with Crippen LogP contribution in [0.1, 0.15) is 24.5 Å². The fourth-order valence-electron chi connectivity index (χ4n) is 3.49. The largest absolute Gasteiger partial charge is 0.495 e. The molecule has 3 rings (SSSR count). The third-order valence-corrected chi connectivity index (χ3v) is 5.36. The zero-order chi connectivity index (χ0) is 20.6. The molecule has 6 heteroatoms. The summed E-state index contributed by atoms with van der Waals surface area (Å²) in [6.45, 7) is 5.08. The van der Waals surface area contributed by atoms with Crippen LogP contribution in [0.25, 0.3) is 0 Å². The van der Waals surface area contributed by atoms with Crippen LogP contribution in [-0.4, -0.2) is 50.5 Å². The maximum Gasteiger partial charge on any atom is 0.224 e. The SMILES string of the molecule is CCc1ccc(CCC(=O)Nc2cc(N3CCN(C=O)CC3)ccc2OC)cc1. The molecule has 0 spiro atoms. The minimum atomic E-state index is -0.0363. The first-order valence-electron chi connectivity index (χ1n) is 10.1. The summed E-state index contributed by atoms with van der Waals surface area (Å²) in [7, 11) is 1.60. The van der Waals surface area contributed by atoms with Crippen molar-refractivity contribution >= 4 is 23.7 Å². The standard InChI is InChI=1S/C23H29N3O3/c1-3-18-4-6-19(7-5-18)8-11-23(28)24-21-16-20(9-10-22(21)29-2)26-14-12-25(17-27)13-15-26/h4-7,9-10,16-17H,3,8,11-15H2,1-2H3,(H,24,28). The lowest BCUT2D eigenvalue weighted by molar-refractivity contribution is -0.118. The van der Waals surface area contributed by atoms with Gasteiger partial charge in [-0.3, -0.25) is 9.59 Å². The monoisotopic (exact) mass is 395 g/mol. The molecule has 2 aromatic carbocycles. The second kappa shape index (κ2) is 9.96. The van der Waals surface area contributed by atoms with Gasteiger partial charge in [-0.25, -0.2) is 0 Å². The fraction of sp³-hybridized carbons (Fsp3) is 0.391. The molecule has 0 bridgehead atoms. The summed E-state index contributed by atoms with van der Waals surface area (Å²) in [6.07, 6.45) is 3.02. The van der Waals surface area contributed by atoms with E-state index >= 15 is 0 Å². The lowest BCUT2D eigenvalue weighted by Crippen LogP contribution is -2.45. The van der Waals surface area contributed by atoms with Gasteiger partial charge < -0.3 is 19.9 Å². The van der Waals surface area contributed by atoms with E-state index in [-0.39, 0.29) is 5.91 Å². The van der Waals surface area contributed by atoms with Gasteiger partial charge in [-0.2, -0.15) is 0 Å². The smallest absolute Gasteiger partial charge is 0.224 e. The summed E-state index contributed by atoms with van der Waals surface area (Å²) in [4.78, 5) is 27.4. The first-order valence-corrected chi connectivity index (χ1v) is 10.1. The Morgan fingerprint density at radius 1 is 1.07 bits per heavy atom. The predicted molar refractivity (Wildman–Crippen MR) is 116 cm³/mol. The van der Waals surface area contributed by atoms with Gasteiger partial charge in [-0.15, -0.1) is 0 Å². The van der Waals surface area contributed by atoms with Gasteiger partial charge in [0.05, 0.1) is 12.8 Å². The molecule has 1 heterocycles. The number of nitrogens with one attached hydrogen (secondary N) is 1. The summed E-state index contributed by atoms with van der Waals surface area (Å²) in [5.41, 5.74) is 4.15. The Morgan fingerprint density at radius 3 is 2.38 bits per heavy atom. The van der Waals surface area contributed by atoms with Gasteiger partial charge in [0.1, 0.15) is 5.75 Å². The Kier molecular flexibility index (Phi) is 7.11. The van der Waals surface area contributed by atoms with Crippen LogP contribution in [0, 0.1) is 0 Å². The van der Waals surface area contributed by atoms with Crippen LogP contribution in [0.5, 0.6) is 5.75 Å². The normalized spacial score (nSPS) is 13.9. The van der Waals surface area contributed by atoms with E-state index in [2.05, 4.69) is 41.4 Å². The number of rotatable bonds is 8. The second-order valence-corrected chi connectivity index (χ2v) is 7.23. The Balaban J connectivity index is 1.62. The Morgan fingerprint density at radius 2 is 1.76 bits per heavy atom. The number of anilines is 2. The molecule has 0 unspecified atom stereocenters. The molecule has 0 aromatic heterocycles. The molecule has 2 aromatic rings. The average molecular weight is 396 g/mol. The van der Waals surface area contributed by atoms with E-state index in [1.807, 2.05) is 18.2 Å². The number of piperazine rings is 1. The number of aryl methyl sites for hydroxylation is 2. The average Bonchev–Trinajstić information content (AvgIpc) is 2.78. The Bertz CT molecular complexity index is 828. The molecule has 0 radical (unpaired) electrons. The van der Waals surface area contributed by atoms with Crippen LogP contribution >= 0.6 is 0 Å². The van der Waals surface area contributed by atoms with Crippen LogP contribution in [0.3, 0.4) is 0 Å². The lowest BCUT2D eigenvalue weighted by atomic mass is 10.1. The Hall–Kier alpha value is -3.02. The van der Waals surface area contributed by atoms with Crippen LogP contribution in [0.2, 0.25) is 0 Å². The van der Waals surface area contributed by atoms with E-state index in [0.29, 0.717) is 37.4 Å². The summed E-state index contributed by atoms with van der Waals surface area (Å²) in [5.74, 6) is 0.603. The molecular weight excluding hydrogens is 366 g/mol. The molecule has 1 N–H and O–H groups in total. The first kappa shape index (κ1) is 20.7. The van der Waals surface area contributed by atoms with Gasteiger partial charge in [0.25, 0.3) is 0 Å². The molecule has 6 nitrogen and oxygen atoms in total. The molecule has 2 amide bonds. The number of methoxy groups -OCH3 is 1. The first-order chi connectivity index (χ1) is 14.1. The third kappa shape index (κ3) is 5.50. The van der Waals surface area contributed by atoms with Crippen LogP contribution in [0.4, 0.5) is 11.4 Å². The summed E-state index contributed by atoms with van der Waals surface area (Å²) < 4.78 is 5.42. The molecule has 0 aliphatic carbocycles. The van der Waals surface area contributed by atoms with Gasteiger partial charge in [0.2, 0.25) is 12.3 Å². The summed E-state index contributed by atoms with van der Waals surface area (Å²) in [6, 6.07) is 14.2. The van der Waals surface area contributed by atoms with Crippen molar-refractivity contribution in [3.8, 4) is 5.75 Å². The Labute approximate surface area is 172 Å². The van der Waals surface area contributed by atoms with Crippen molar-refractivity contribution < 1.29 is 14.3 Å². The quantitative estimate of drug-likeness (QED) is 0.698. The van der Waals surface area contributed by atoms with E-state index < -0.39 is 0 Å². The van der Waals surface area contributed by atoms with Crippen LogP contribution in [-0.2, 0) is 22.4 Å². The maximum absolute atomic E-state index is 12.5. The fourth-order valence-corrected chi connectivity index (χ4v) is 3.49. The van der Waals surface area contributed by atoms with Gasteiger partial charge in [0.15, 0.2) is 0 Å². The number of hydrogen-bond acceptors (Lipinski definition) is 4. The molecule has 0 atom stereocenters. The minimum absolute atomic E-state index is 0.0363. The molecule has 1 aliphatic heterocycles. The highest BCUT2D eigenvalue weighted by molar-refractivity contribution is 5.93. The predicted octanol–water partition coefficient (Wildman–Crippen LogP) is 3.11. The molecule has 1 fully saturated rings. The molecule has 1 saturated heterocycles. The number of hydrogen-bond donors (Lipinski definition) is 1. The van der Waals surface area contributed by atoms with E-state index in [4.69, 9.17) is 4.74 Å². The van der Waals surface area contributed by atoms with Crippen molar-refractivity contribution in [2.75, 3.05) is 43.5 Å². The summed E-state index contributed by atoms with van der Waals surface area (Å²) >= 11 is 0. The van der Waals surface area contributed by atoms with Gasteiger partial charge >= 0.3 is 0 Å². The highest BCUT2D eigenvalue weighted by Crippen LogP contribution is 2.30. The van der Waals surface area contributed by atoms with Gasteiger partial charge in [-0.05, 0) is 42.2 Å². The van der Waals surface area contributed by atoms with E-state index in [1.54, 1.807) is 12.0 Å².